The second-order valence-electron chi connectivity index (χ2n) is 3.08. The number of nitro benzene ring substituents is 1. The van der Waals surface area contributed by atoms with Gasteiger partial charge in [-0.05, 0) is 13.0 Å². The number of esters is 1. The number of ether oxygens (including phenoxy) is 1. The lowest BCUT2D eigenvalue weighted by molar-refractivity contribution is -0.386. The van der Waals surface area contributed by atoms with Crippen LogP contribution in [0, 0.1) is 10.1 Å². The average Bonchev–Trinajstić information content (AvgIpc) is 2.28. The van der Waals surface area contributed by atoms with Crippen molar-refractivity contribution in [1.82, 2.24) is 0 Å². The number of nitrogens with zero attached hydrogens (tertiary/aromatic N) is 1. The van der Waals surface area contributed by atoms with E-state index in [1.807, 2.05) is 0 Å². The molecule has 1 aromatic carbocycles. The number of hydrogen-bond acceptors (Lipinski definition) is 4. The number of carbonyl (C=O) groups excluding carboxylic acids is 1. The number of nitro groups is 1. The number of rotatable bonds is 4. The van der Waals surface area contributed by atoms with Crippen molar-refractivity contribution in [2.75, 3.05) is 5.88 Å². The highest BCUT2D eigenvalue weighted by Gasteiger charge is 2.20. The quantitative estimate of drug-likeness (QED) is 0.352. The molecule has 86 valence electrons. The van der Waals surface area contributed by atoms with Crippen LogP contribution in [-0.2, 0) is 9.53 Å². The molecule has 0 N–H and O–H groups in total. The highest BCUT2D eigenvalue weighted by Crippen LogP contribution is 2.26. The molecule has 0 aromatic heterocycles. The van der Waals surface area contributed by atoms with E-state index >= 15 is 0 Å². The van der Waals surface area contributed by atoms with Crippen molar-refractivity contribution >= 4 is 23.3 Å². The predicted octanol–water partition coefficient (Wildman–Crippen LogP) is 2.44. The Kier molecular flexibility index (Phi) is 4.25. The normalized spacial score (nSPS) is 11.9. The van der Waals surface area contributed by atoms with Crippen molar-refractivity contribution in [3.8, 4) is 0 Å². The molecular weight excluding hydrogens is 234 g/mol. The number of carbonyl (C=O) groups is 1. The maximum Gasteiger partial charge on any atom is 0.321 e. The first-order valence-electron chi connectivity index (χ1n) is 4.55. The van der Waals surface area contributed by atoms with Gasteiger partial charge in [0.25, 0.3) is 5.69 Å². The Bertz CT molecular complexity index is 408. The van der Waals surface area contributed by atoms with Gasteiger partial charge in [-0.3, -0.25) is 14.9 Å². The minimum atomic E-state index is -0.687. The van der Waals surface area contributed by atoms with E-state index < -0.39 is 17.0 Å². The van der Waals surface area contributed by atoms with Gasteiger partial charge in [-0.2, -0.15) is 0 Å². The first-order chi connectivity index (χ1) is 7.56. The van der Waals surface area contributed by atoms with E-state index in [0.717, 1.165) is 0 Å². The fourth-order valence-electron chi connectivity index (χ4n) is 1.29. The fraction of sp³-hybridized carbons (Fsp3) is 0.300. The second-order valence-corrected chi connectivity index (χ2v) is 3.35. The molecule has 0 saturated carbocycles. The van der Waals surface area contributed by atoms with Gasteiger partial charge in [0.1, 0.15) is 12.0 Å². The molecule has 1 unspecified atom stereocenters. The number of halogens is 1. The molecule has 0 aliphatic rings. The van der Waals surface area contributed by atoms with Gasteiger partial charge in [-0.25, -0.2) is 0 Å². The van der Waals surface area contributed by atoms with Crippen molar-refractivity contribution in [3.05, 3.63) is 39.9 Å². The summed E-state index contributed by atoms with van der Waals surface area (Å²) in [6.45, 7) is 1.56. The summed E-state index contributed by atoms with van der Waals surface area (Å²) < 4.78 is 4.90. The lowest BCUT2D eigenvalue weighted by Crippen LogP contribution is -2.11. The standard InChI is InChI=1S/C10H10ClNO4/c1-7(16-10(13)6-11)8-4-2-3-5-9(8)12(14)15/h2-5,7H,6H2,1H3. The summed E-state index contributed by atoms with van der Waals surface area (Å²) in [4.78, 5) is 21.2. The Morgan fingerprint density at radius 2 is 2.19 bits per heavy atom. The lowest BCUT2D eigenvalue weighted by atomic mass is 10.1. The minimum Gasteiger partial charge on any atom is -0.457 e. The third-order valence-corrected chi connectivity index (χ3v) is 2.21. The van der Waals surface area contributed by atoms with Crippen LogP contribution in [0.3, 0.4) is 0 Å². The van der Waals surface area contributed by atoms with E-state index in [-0.39, 0.29) is 11.6 Å². The van der Waals surface area contributed by atoms with Gasteiger partial charge in [-0.1, -0.05) is 12.1 Å². The summed E-state index contributed by atoms with van der Waals surface area (Å²) >= 11 is 5.28. The number of hydrogen-bond donors (Lipinski definition) is 0. The van der Waals surface area contributed by atoms with E-state index in [2.05, 4.69) is 0 Å². The van der Waals surface area contributed by atoms with Crippen LogP contribution in [-0.4, -0.2) is 16.8 Å². The van der Waals surface area contributed by atoms with Crippen molar-refractivity contribution in [1.29, 1.82) is 0 Å². The zero-order chi connectivity index (χ0) is 12.1. The van der Waals surface area contributed by atoms with Gasteiger partial charge < -0.3 is 4.74 Å². The first kappa shape index (κ1) is 12.4. The topological polar surface area (TPSA) is 69.4 Å². The lowest BCUT2D eigenvalue weighted by Gasteiger charge is -2.12. The Balaban J connectivity index is 2.94. The van der Waals surface area contributed by atoms with E-state index in [9.17, 15) is 14.9 Å². The van der Waals surface area contributed by atoms with E-state index in [1.54, 1.807) is 25.1 Å². The summed E-state index contributed by atoms with van der Waals surface area (Å²) in [5.41, 5.74) is 0.281. The molecule has 6 heteroatoms. The summed E-state index contributed by atoms with van der Waals surface area (Å²) in [7, 11) is 0. The summed E-state index contributed by atoms with van der Waals surface area (Å²) in [5.74, 6) is -0.877. The molecule has 0 radical (unpaired) electrons. The molecule has 0 bridgehead atoms. The Morgan fingerprint density at radius 3 is 2.75 bits per heavy atom. The molecule has 0 fully saturated rings. The van der Waals surface area contributed by atoms with Crippen LogP contribution >= 0.6 is 11.6 Å². The minimum absolute atomic E-state index is 0.0719. The first-order valence-corrected chi connectivity index (χ1v) is 5.08. The van der Waals surface area contributed by atoms with E-state index in [4.69, 9.17) is 16.3 Å². The van der Waals surface area contributed by atoms with Crippen LogP contribution in [0.4, 0.5) is 5.69 Å². The molecule has 0 aliphatic heterocycles. The van der Waals surface area contributed by atoms with Gasteiger partial charge in [0.15, 0.2) is 0 Å². The van der Waals surface area contributed by atoms with Crippen LogP contribution in [0.15, 0.2) is 24.3 Å². The van der Waals surface area contributed by atoms with Crippen molar-refractivity contribution in [2.24, 2.45) is 0 Å². The summed E-state index contributed by atoms with van der Waals surface area (Å²) in [6.07, 6.45) is -0.687. The molecule has 0 amide bonds. The molecule has 5 nitrogen and oxygen atoms in total. The Labute approximate surface area is 97.1 Å². The van der Waals surface area contributed by atoms with Crippen LogP contribution < -0.4 is 0 Å². The molecule has 1 rings (SSSR count). The third-order valence-electron chi connectivity index (χ3n) is 1.99. The molecule has 0 saturated heterocycles. The van der Waals surface area contributed by atoms with E-state index in [1.165, 1.54) is 6.07 Å². The van der Waals surface area contributed by atoms with Gasteiger partial charge in [0.05, 0.1) is 10.5 Å². The van der Waals surface area contributed by atoms with Crippen molar-refractivity contribution in [2.45, 2.75) is 13.0 Å². The Morgan fingerprint density at radius 1 is 1.56 bits per heavy atom. The van der Waals surface area contributed by atoms with Crippen LogP contribution in [0.5, 0.6) is 0 Å². The zero-order valence-corrected chi connectivity index (χ0v) is 9.31. The maximum atomic E-state index is 11.0. The summed E-state index contributed by atoms with van der Waals surface area (Å²) in [6, 6.07) is 6.11. The smallest absolute Gasteiger partial charge is 0.321 e. The largest absolute Gasteiger partial charge is 0.457 e. The van der Waals surface area contributed by atoms with Crippen LogP contribution in [0.25, 0.3) is 0 Å². The average molecular weight is 244 g/mol. The highest BCUT2D eigenvalue weighted by molar-refractivity contribution is 6.26. The van der Waals surface area contributed by atoms with Gasteiger partial charge in [0, 0.05) is 6.07 Å². The van der Waals surface area contributed by atoms with Crippen LogP contribution in [0.1, 0.15) is 18.6 Å². The molecule has 0 spiro atoms. The predicted molar refractivity (Wildman–Crippen MR) is 58.3 cm³/mol. The van der Waals surface area contributed by atoms with Crippen LogP contribution in [0.2, 0.25) is 0 Å². The molecule has 1 aromatic rings. The third kappa shape index (κ3) is 2.93. The zero-order valence-electron chi connectivity index (χ0n) is 8.55. The van der Waals surface area contributed by atoms with Gasteiger partial charge in [0.2, 0.25) is 0 Å². The number of para-hydroxylation sites is 1. The highest BCUT2D eigenvalue weighted by atomic mass is 35.5. The number of alkyl halides is 1. The molecule has 0 heterocycles. The Hall–Kier alpha value is -1.62. The maximum absolute atomic E-state index is 11.0. The van der Waals surface area contributed by atoms with Crippen molar-refractivity contribution < 1.29 is 14.5 Å². The second kappa shape index (κ2) is 5.46. The SMILES string of the molecule is CC(OC(=O)CCl)c1ccccc1[N+](=O)[O-]. The molecule has 1 atom stereocenters. The van der Waals surface area contributed by atoms with Gasteiger partial charge >= 0.3 is 5.97 Å². The molecule has 0 aliphatic carbocycles. The monoisotopic (exact) mass is 243 g/mol. The van der Waals surface area contributed by atoms with Gasteiger partial charge in [-0.15, -0.1) is 11.6 Å². The molecular formula is C10H10ClNO4. The van der Waals surface area contributed by atoms with E-state index in [0.29, 0.717) is 5.56 Å². The molecule has 16 heavy (non-hydrogen) atoms. The number of benzene rings is 1. The fourth-order valence-corrected chi connectivity index (χ4v) is 1.35. The van der Waals surface area contributed by atoms with Crippen molar-refractivity contribution in [3.63, 3.8) is 0 Å². The summed E-state index contributed by atoms with van der Waals surface area (Å²) in [5, 5.41) is 10.7.